The summed E-state index contributed by atoms with van der Waals surface area (Å²) in [6, 6.07) is 8.89. The first-order chi connectivity index (χ1) is 9.18. The van der Waals surface area contributed by atoms with Crippen molar-refractivity contribution in [2.75, 3.05) is 33.4 Å². The largest absolute Gasteiger partial charge is 0.379 e. The average molecular weight is 283 g/mol. The number of rotatable bonds is 5. The van der Waals surface area contributed by atoms with Crippen molar-refractivity contribution in [3.8, 4) is 0 Å². The predicted molar refractivity (Wildman–Crippen MR) is 79.7 cm³/mol. The summed E-state index contributed by atoms with van der Waals surface area (Å²) in [5.41, 5.74) is 1.19. The summed E-state index contributed by atoms with van der Waals surface area (Å²) in [6.45, 7) is 5.87. The van der Waals surface area contributed by atoms with Gasteiger partial charge >= 0.3 is 0 Å². The van der Waals surface area contributed by atoms with Crippen molar-refractivity contribution >= 4 is 11.6 Å². The van der Waals surface area contributed by atoms with E-state index in [2.05, 4.69) is 30.3 Å². The molecule has 2 atom stereocenters. The molecule has 1 saturated heterocycles. The third kappa shape index (κ3) is 4.18. The Morgan fingerprint density at radius 2 is 2.26 bits per heavy atom. The summed E-state index contributed by atoms with van der Waals surface area (Å²) >= 11 is 6.25. The molecule has 2 rings (SSSR count). The van der Waals surface area contributed by atoms with E-state index >= 15 is 0 Å². The van der Waals surface area contributed by atoms with Crippen LogP contribution in [-0.2, 0) is 4.74 Å². The number of benzene rings is 1. The van der Waals surface area contributed by atoms with Crippen LogP contribution in [0.3, 0.4) is 0 Å². The van der Waals surface area contributed by atoms with Gasteiger partial charge in [-0.15, -0.1) is 0 Å². The van der Waals surface area contributed by atoms with Gasteiger partial charge in [-0.25, -0.2) is 0 Å². The fourth-order valence-corrected chi connectivity index (χ4v) is 2.70. The molecule has 106 valence electrons. The van der Waals surface area contributed by atoms with Gasteiger partial charge in [0.25, 0.3) is 0 Å². The molecule has 1 fully saturated rings. The quantitative estimate of drug-likeness (QED) is 0.899. The van der Waals surface area contributed by atoms with Crippen LogP contribution in [0.4, 0.5) is 0 Å². The van der Waals surface area contributed by atoms with Crippen LogP contribution in [0.15, 0.2) is 24.3 Å². The molecular formula is C15H23ClN2O. The molecule has 0 spiro atoms. The number of morpholine rings is 1. The lowest BCUT2D eigenvalue weighted by molar-refractivity contribution is 0.0695. The fourth-order valence-electron chi connectivity index (χ4n) is 2.41. The SMILES string of the molecule is CC(c1ccccc1Cl)N(C)CCC1COCCN1. The molecule has 0 radical (unpaired) electrons. The lowest BCUT2D eigenvalue weighted by atomic mass is 10.1. The highest BCUT2D eigenvalue weighted by atomic mass is 35.5. The van der Waals surface area contributed by atoms with E-state index in [1.807, 2.05) is 18.2 Å². The molecule has 19 heavy (non-hydrogen) atoms. The van der Waals surface area contributed by atoms with Crippen molar-refractivity contribution in [2.24, 2.45) is 0 Å². The Morgan fingerprint density at radius 3 is 2.95 bits per heavy atom. The van der Waals surface area contributed by atoms with Crippen LogP contribution in [0.25, 0.3) is 0 Å². The minimum Gasteiger partial charge on any atom is -0.379 e. The number of halogens is 1. The van der Waals surface area contributed by atoms with Gasteiger partial charge in [0.1, 0.15) is 0 Å². The fraction of sp³-hybridized carbons (Fsp3) is 0.600. The molecule has 4 heteroatoms. The number of ether oxygens (including phenoxy) is 1. The standard InChI is InChI=1S/C15H23ClN2O/c1-12(14-5-3-4-6-15(14)16)18(2)9-7-13-11-19-10-8-17-13/h3-6,12-13,17H,7-11H2,1-2H3. The van der Waals surface area contributed by atoms with Gasteiger partial charge in [0.2, 0.25) is 0 Å². The second-order valence-electron chi connectivity index (χ2n) is 5.19. The highest BCUT2D eigenvalue weighted by Gasteiger charge is 2.17. The third-order valence-electron chi connectivity index (χ3n) is 3.85. The second kappa shape index (κ2) is 7.25. The van der Waals surface area contributed by atoms with Crippen molar-refractivity contribution < 1.29 is 4.74 Å². The minimum atomic E-state index is 0.332. The normalized spacial score (nSPS) is 21.6. The first-order valence-corrected chi connectivity index (χ1v) is 7.32. The molecule has 0 saturated carbocycles. The summed E-state index contributed by atoms with van der Waals surface area (Å²) in [4.78, 5) is 2.34. The zero-order valence-corrected chi connectivity index (χ0v) is 12.5. The molecule has 2 unspecified atom stereocenters. The molecule has 0 bridgehead atoms. The monoisotopic (exact) mass is 282 g/mol. The van der Waals surface area contributed by atoms with Gasteiger partial charge in [0.15, 0.2) is 0 Å². The summed E-state index contributed by atoms with van der Waals surface area (Å²) in [5, 5.41) is 4.33. The Hall–Kier alpha value is -0.610. The lowest BCUT2D eigenvalue weighted by Crippen LogP contribution is -2.43. The smallest absolute Gasteiger partial charge is 0.0620 e. The van der Waals surface area contributed by atoms with Crippen LogP contribution in [0, 0.1) is 0 Å². The van der Waals surface area contributed by atoms with E-state index in [1.54, 1.807) is 0 Å². The van der Waals surface area contributed by atoms with Gasteiger partial charge in [0, 0.05) is 23.7 Å². The van der Waals surface area contributed by atoms with Crippen molar-refractivity contribution in [1.29, 1.82) is 0 Å². The maximum Gasteiger partial charge on any atom is 0.0620 e. The van der Waals surface area contributed by atoms with Crippen molar-refractivity contribution in [3.05, 3.63) is 34.9 Å². The summed E-state index contributed by atoms with van der Waals surface area (Å²) in [5.74, 6) is 0. The van der Waals surface area contributed by atoms with E-state index in [1.165, 1.54) is 5.56 Å². The van der Waals surface area contributed by atoms with Gasteiger partial charge in [-0.1, -0.05) is 29.8 Å². The predicted octanol–water partition coefficient (Wildman–Crippen LogP) is 2.71. The molecule has 1 aromatic carbocycles. The molecule has 1 aromatic rings. The van der Waals surface area contributed by atoms with E-state index < -0.39 is 0 Å². The van der Waals surface area contributed by atoms with Crippen LogP contribution in [0.5, 0.6) is 0 Å². The zero-order valence-electron chi connectivity index (χ0n) is 11.7. The number of nitrogens with one attached hydrogen (secondary N) is 1. The molecule has 0 amide bonds. The van der Waals surface area contributed by atoms with E-state index in [4.69, 9.17) is 16.3 Å². The molecule has 1 heterocycles. The summed E-state index contributed by atoms with van der Waals surface area (Å²) < 4.78 is 5.48. The highest BCUT2D eigenvalue weighted by molar-refractivity contribution is 6.31. The number of hydrogen-bond acceptors (Lipinski definition) is 3. The van der Waals surface area contributed by atoms with Gasteiger partial charge in [-0.05, 0) is 38.6 Å². The number of hydrogen-bond donors (Lipinski definition) is 1. The van der Waals surface area contributed by atoms with Crippen molar-refractivity contribution in [1.82, 2.24) is 10.2 Å². The first kappa shape index (κ1) is 14.8. The van der Waals surface area contributed by atoms with E-state index in [0.717, 1.165) is 37.7 Å². The molecule has 1 aliphatic heterocycles. The first-order valence-electron chi connectivity index (χ1n) is 6.94. The van der Waals surface area contributed by atoms with Crippen LogP contribution in [-0.4, -0.2) is 44.3 Å². The van der Waals surface area contributed by atoms with Crippen molar-refractivity contribution in [2.45, 2.75) is 25.4 Å². The van der Waals surface area contributed by atoms with E-state index in [9.17, 15) is 0 Å². The molecule has 0 aliphatic carbocycles. The lowest BCUT2D eigenvalue weighted by Gasteiger charge is -2.29. The van der Waals surface area contributed by atoms with Crippen molar-refractivity contribution in [3.63, 3.8) is 0 Å². The van der Waals surface area contributed by atoms with E-state index in [-0.39, 0.29) is 0 Å². The topological polar surface area (TPSA) is 24.5 Å². The van der Waals surface area contributed by atoms with Gasteiger partial charge < -0.3 is 10.1 Å². The van der Waals surface area contributed by atoms with Crippen LogP contribution >= 0.6 is 11.6 Å². The van der Waals surface area contributed by atoms with Gasteiger partial charge in [-0.2, -0.15) is 0 Å². The maximum absolute atomic E-state index is 6.25. The molecular weight excluding hydrogens is 260 g/mol. The Bertz CT molecular complexity index is 393. The molecule has 0 aromatic heterocycles. The average Bonchev–Trinajstić information content (AvgIpc) is 2.45. The highest BCUT2D eigenvalue weighted by Crippen LogP contribution is 2.26. The Morgan fingerprint density at radius 1 is 1.47 bits per heavy atom. The maximum atomic E-state index is 6.25. The zero-order chi connectivity index (χ0) is 13.7. The van der Waals surface area contributed by atoms with E-state index in [0.29, 0.717) is 12.1 Å². The van der Waals surface area contributed by atoms with Crippen LogP contribution in [0.1, 0.15) is 24.9 Å². The Kier molecular flexibility index (Phi) is 5.64. The van der Waals surface area contributed by atoms with Crippen LogP contribution < -0.4 is 5.32 Å². The third-order valence-corrected chi connectivity index (χ3v) is 4.19. The summed E-state index contributed by atoms with van der Waals surface area (Å²) in [7, 11) is 2.15. The Balaban J connectivity index is 1.85. The summed E-state index contributed by atoms with van der Waals surface area (Å²) in [6.07, 6.45) is 1.10. The minimum absolute atomic E-state index is 0.332. The molecule has 1 N–H and O–H groups in total. The van der Waals surface area contributed by atoms with Gasteiger partial charge in [-0.3, -0.25) is 4.90 Å². The number of nitrogens with zero attached hydrogens (tertiary/aromatic N) is 1. The molecule has 1 aliphatic rings. The second-order valence-corrected chi connectivity index (χ2v) is 5.60. The Labute approximate surface area is 120 Å². The molecule has 3 nitrogen and oxygen atoms in total. The van der Waals surface area contributed by atoms with Gasteiger partial charge in [0.05, 0.1) is 13.2 Å². The van der Waals surface area contributed by atoms with Crippen LogP contribution in [0.2, 0.25) is 5.02 Å².